The van der Waals surface area contributed by atoms with Gasteiger partial charge in [0.15, 0.2) is 11.5 Å². The topological polar surface area (TPSA) is 63.7 Å². The highest BCUT2D eigenvalue weighted by atomic mass is 32.1. The van der Waals surface area contributed by atoms with E-state index < -0.39 is 0 Å². The second-order valence-electron chi connectivity index (χ2n) is 7.44. The first-order valence-corrected chi connectivity index (χ1v) is 11.1. The van der Waals surface area contributed by atoms with Crippen LogP contribution in [0.5, 0.6) is 11.5 Å². The number of fused-ring (bicyclic) bond motifs is 1. The number of likely N-dealkylation sites (tertiary alicyclic amines) is 1. The summed E-state index contributed by atoms with van der Waals surface area (Å²) in [6, 6.07) is 14.3. The summed E-state index contributed by atoms with van der Waals surface area (Å²) in [5.41, 5.74) is 2.14. The lowest BCUT2D eigenvalue weighted by atomic mass is 10.1. The minimum Gasteiger partial charge on any atom is -0.493 e. The van der Waals surface area contributed by atoms with Crippen molar-refractivity contribution in [3.05, 3.63) is 53.0 Å². The third kappa shape index (κ3) is 4.57. The van der Waals surface area contributed by atoms with E-state index in [9.17, 15) is 4.79 Å². The molecule has 1 amide bonds. The molecule has 0 radical (unpaired) electrons. The molecule has 7 heteroatoms. The lowest BCUT2D eigenvalue weighted by Crippen LogP contribution is -2.37. The van der Waals surface area contributed by atoms with E-state index in [1.165, 1.54) is 4.70 Å². The Bertz CT molecular complexity index is 987. The van der Waals surface area contributed by atoms with Gasteiger partial charge in [0.05, 0.1) is 37.0 Å². The SMILES string of the molecule is COc1ccc(CCNC(=O)CN2CCCC2c2nc3ccccc3s2)cc1OC. The number of methoxy groups -OCH3 is 2. The van der Waals surface area contributed by atoms with E-state index >= 15 is 0 Å². The van der Waals surface area contributed by atoms with Crippen LogP contribution >= 0.6 is 11.3 Å². The summed E-state index contributed by atoms with van der Waals surface area (Å²) in [5.74, 6) is 1.47. The zero-order chi connectivity index (χ0) is 20.9. The average molecular weight is 426 g/mol. The maximum absolute atomic E-state index is 12.5. The van der Waals surface area contributed by atoms with Crippen molar-refractivity contribution in [1.29, 1.82) is 0 Å². The smallest absolute Gasteiger partial charge is 0.234 e. The number of amides is 1. The monoisotopic (exact) mass is 425 g/mol. The quantitative estimate of drug-likeness (QED) is 0.595. The predicted octanol–water partition coefficient (Wildman–Crippen LogP) is 3.81. The summed E-state index contributed by atoms with van der Waals surface area (Å²) in [7, 11) is 3.25. The fourth-order valence-corrected chi connectivity index (χ4v) is 5.09. The maximum Gasteiger partial charge on any atom is 0.234 e. The molecular formula is C23H27N3O3S. The van der Waals surface area contributed by atoms with Gasteiger partial charge in [-0.15, -0.1) is 11.3 Å². The molecule has 1 aliphatic heterocycles. The average Bonchev–Trinajstić information content (AvgIpc) is 3.39. The molecule has 0 bridgehead atoms. The van der Waals surface area contributed by atoms with Gasteiger partial charge in [0.2, 0.25) is 5.91 Å². The second kappa shape index (κ2) is 9.45. The lowest BCUT2D eigenvalue weighted by Gasteiger charge is -2.22. The Morgan fingerprint density at radius 3 is 2.83 bits per heavy atom. The molecule has 2 heterocycles. The molecule has 1 N–H and O–H groups in total. The summed E-state index contributed by atoms with van der Waals surface area (Å²) in [5, 5.41) is 4.17. The fourth-order valence-electron chi connectivity index (χ4n) is 3.95. The predicted molar refractivity (Wildman–Crippen MR) is 119 cm³/mol. The molecule has 6 nitrogen and oxygen atoms in total. The fraction of sp³-hybridized carbons (Fsp3) is 0.391. The van der Waals surface area contributed by atoms with Crippen molar-refractivity contribution in [2.45, 2.75) is 25.3 Å². The van der Waals surface area contributed by atoms with E-state index in [4.69, 9.17) is 14.5 Å². The largest absolute Gasteiger partial charge is 0.493 e. The van der Waals surface area contributed by atoms with E-state index in [2.05, 4.69) is 22.3 Å². The van der Waals surface area contributed by atoms with E-state index in [1.54, 1.807) is 25.6 Å². The third-order valence-electron chi connectivity index (χ3n) is 5.49. The first-order valence-electron chi connectivity index (χ1n) is 10.2. The Hall–Kier alpha value is -2.64. The van der Waals surface area contributed by atoms with Gasteiger partial charge in [-0.05, 0) is 55.6 Å². The number of rotatable bonds is 8. The van der Waals surface area contributed by atoms with Gasteiger partial charge in [0.25, 0.3) is 0 Å². The summed E-state index contributed by atoms with van der Waals surface area (Å²) in [6.45, 7) is 1.93. The van der Waals surface area contributed by atoms with Gasteiger partial charge in [-0.3, -0.25) is 9.69 Å². The molecule has 158 valence electrons. The molecule has 2 aromatic carbocycles. The highest BCUT2D eigenvalue weighted by molar-refractivity contribution is 7.18. The van der Waals surface area contributed by atoms with Crippen LogP contribution in [0.3, 0.4) is 0 Å². The minimum atomic E-state index is 0.0588. The van der Waals surface area contributed by atoms with E-state index in [-0.39, 0.29) is 11.9 Å². The Morgan fingerprint density at radius 2 is 2.03 bits per heavy atom. The van der Waals surface area contributed by atoms with Gasteiger partial charge >= 0.3 is 0 Å². The van der Waals surface area contributed by atoms with Crippen molar-refractivity contribution < 1.29 is 14.3 Å². The number of ether oxygens (including phenoxy) is 2. The van der Waals surface area contributed by atoms with Crippen LogP contribution in [-0.2, 0) is 11.2 Å². The van der Waals surface area contributed by atoms with E-state index in [0.717, 1.165) is 41.9 Å². The number of hydrogen-bond acceptors (Lipinski definition) is 6. The molecule has 0 saturated carbocycles. The van der Waals surface area contributed by atoms with Gasteiger partial charge in [0.1, 0.15) is 5.01 Å². The Kier molecular flexibility index (Phi) is 6.50. The molecule has 3 aromatic rings. The maximum atomic E-state index is 12.5. The van der Waals surface area contributed by atoms with Crippen LogP contribution < -0.4 is 14.8 Å². The molecular weight excluding hydrogens is 398 g/mol. The van der Waals surface area contributed by atoms with Crippen LogP contribution in [-0.4, -0.2) is 49.6 Å². The summed E-state index contributed by atoms with van der Waals surface area (Å²) in [6.07, 6.45) is 2.89. The van der Waals surface area contributed by atoms with Crippen molar-refractivity contribution in [3.63, 3.8) is 0 Å². The van der Waals surface area contributed by atoms with E-state index in [0.29, 0.717) is 24.6 Å². The van der Waals surface area contributed by atoms with Gasteiger partial charge in [-0.2, -0.15) is 0 Å². The summed E-state index contributed by atoms with van der Waals surface area (Å²) in [4.78, 5) is 19.6. The van der Waals surface area contributed by atoms with Gasteiger partial charge in [-0.25, -0.2) is 4.98 Å². The third-order valence-corrected chi connectivity index (χ3v) is 6.63. The first kappa shape index (κ1) is 20.6. The van der Waals surface area contributed by atoms with Crippen LogP contribution in [0.25, 0.3) is 10.2 Å². The van der Waals surface area contributed by atoms with Crippen LogP contribution in [0, 0.1) is 0 Å². The number of aromatic nitrogens is 1. The van der Waals surface area contributed by atoms with E-state index in [1.807, 2.05) is 30.3 Å². The molecule has 4 rings (SSSR count). The van der Waals surface area contributed by atoms with Gasteiger partial charge < -0.3 is 14.8 Å². The molecule has 1 fully saturated rings. The Morgan fingerprint density at radius 1 is 1.20 bits per heavy atom. The number of carbonyl (C=O) groups excluding carboxylic acids is 1. The second-order valence-corrected chi connectivity index (χ2v) is 8.50. The standard InChI is InChI=1S/C23H27N3O3S/c1-28-19-10-9-16(14-20(19)29-2)11-12-24-22(27)15-26-13-5-7-18(26)23-25-17-6-3-4-8-21(17)30-23/h3-4,6,8-10,14,18H,5,7,11-13,15H2,1-2H3,(H,24,27). The Labute approximate surface area is 180 Å². The zero-order valence-electron chi connectivity index (χ0n) is 17.4. The molecule has 1 aliphatic rings. The molecule has 0 aliphatic carbocycles. The number of nitrogens with one attached hydrogen (secondary N) is 1. The van der Waals surface area contributed by atoms with Crippen molar-refractivity contribution in [2.24, 2.45) is 0 Å². The van der Waals surface area contributed by atoms with Crippen LogP contribution in [0.2, 0.25) is 0 Å². The zero-order valence-corrected chi connectivity index (χ0v) is 18.2. The number of carbonyl (C=O) groups is 1. The number of hydrogen-bond donors (Lipinski definition) is 1. The molecule has 30 heavy (non-hydrogen) atoms. The van der Waals surface area contributed by atoms with Crippen LogP contribution in [0.1, 0.15) is 29.5 Å². The molecule has 1 saturated heterocycles. The molecule has 1 aromatic heterocycles. The summed E-state index contributed by atoms with van der Waals surface area (Å²) < 4.78 is 11.8. The molecule has 0 spiro atoms. The Balaban J connectivity index is 1.31. The van der Waals surface area contributed by atoms with Crippen LogP contribution in [0.4, 0.5) is 0 Å². The number of nitrogens with zero attached hydrogens (tertiary/aromatic N) is 2. The normalized spacial score (nSPS) is 16.7. The van der Waals surface area contributed by atoms with Crippen molar-refractivity contribution >= 4 is 27.5 Å². The molecule has 1 atom stereocenters. The number of para-hydroxylation sites is 1. The number of thiazole rings is 1. The minimum absolute atomic E-state index is 0.0588. The highest BCUT2D eigenvalue weighted by Gasteiger charge is 2.29. The highest BCUT2D eigenvalue weighted by Crippen LogP contribution is 2.36. The summed E-state index contributed by atoms with van der Waals surface area (Å²) >= 11 is 1.74. The molecule has 1 unspecified atom stereocenters. The van der Waals surface area contributed by atoms with Crippen LogP contribution in [0.15, 0.2) is 42.5 Å². The first-order chi connectivity index (χ1) is 14.7. The van der Waals surface area contributed by atoms with Crippen molar-refractivity contribution in [3.8, 4) is 11.5 Å². The van der Waals surface area contributed by atoms with Gasteiger partial charge in [-0.1, -0.05) is 18.2 Å². The van der Waals surface area contributed by atoms with Crippen molar-refractivity contribution in [1.82, 2.24) is 15.2 Å². The van der Waals surface area contributed by atoms with Gasteiger partial charge in [0, 0.05) is 6.54 Å². The lowest BCUT2D eigenvalue weighted by molar-refractivity contribution is -0.122. The number of benzene rings is 2. The van der Waals surface area contributed by atoms with Crippen molar-refractivity contribution in [2.75, 3.05) is 33.9 Å².